The van der Waals surface area contributed by atoms with Crippen LogP contribution in [0, 0.1) is 0 Å². The van der Waals surface area contributed by atoms with Crippen LogP contribution in [0.1, 0.15) is 32.2 Å². The Kier molecular flexibility index (Phi) is 8.48. The number of nitrogens with two attached hydrogens (primary N) is 2. The van der Waals surface area contributed by atoms with Crippen molar-refractivity contribution in [2.45, 2.75) is 56.2 Å². The first-order valence-electron chi connectivity index (χ1n) is 13.0. The summed E-state index contributed by atoms with van der Waals surface area (Å²) in [4.78, 5) is 50.0. The fourth-order valence-corrected chi connectivity index (χ4v) is 7.16. The van der Waals surface area contributed by atoms with Crippen LogP contribution >= 0.6 is 25.8 Å². The Morgan fingerprint density at radius 3 is 2.76 bits per heavy atom. The van der Waals surface area contributed by atoms with Crippen molar-refractivity contribution in [1.82, 2.24) is 44.5 Å². The number of nitrogen functional groups attached to an aromatic ring is 2. The minimum Gasteiger partial charge on any atom is -0.382 e. The molecule has 7 N–H and O–H groups in total. The summed E-state index contributed by atoms with van der Waals surface area (Å²) >= 11 is 8.65. The molecular formula is C20H26FN11O9P2S2. The molecule has 25 heteroatoms. The van der Waals surface area contributed by atoms with Gasteiger partial charge in [-0.05, 0) is 18.7 Å². The van der Waals surface area contributed by atoms with Crippen molar-refractivity contribution in [2.24, 2.45) is 0 Å². The number of halogens is 1. The van der Waals surface area contributed by atoms with Gasteiger partial charge in [0.2, 0.25) is 5.95 Å². The highest BCUT2D eigenvalue weighted by Gasteiger charge is 2.51. The van der Waals surface area contributed by atoms with Gasteiger partial charge in [0, 0.05) is 12.8 Å². The predicted molar refractivity (Wildman–Crippen MR) is 159 cm³/mol. The Balaban J connectivity index is 1.16. The molecule has 0 aromatic carbocycles. The van der Waals surface area contributed by atoms with Gasteiger partial charge in [-0.3, -0.25) is 23.4 Å². The van der Waals surface area contributed by atoms with Crippen molar-refractivity contribution in [3.05, 3.63) is 23.0 Å². The van der Waals surface area contributed by atoms with E-state index in [1.807, 2.05) is 0 Å². The number of ether oxygens (including phenoxy) is 2. The molecule has 0 amide bonds. The van der Waals surface area contributed by atoms with E-state index in [0.29, 0.717) is 11.2 Å². The number of hydrogen-bond acceptors (Lipinski definition) is 16. The standard InChI is InChI=1S/C20H26FN11O9P2S2/c1-20(5-38-42(34,35)44)10(3-11(40-20)31-7-26-13-15(22)24-6-25-16(13)31)41-43(36,45)37-4-9-8(21)2-12(39-9)32-17-14(29-30-32)18(33)28-19(23)27-17/h6-12H,2-5H2,1H3,(H,36,45)(H2,22,24,25)(H2,34,35,44)(H3,23,27,28,33)/t8-,9-,10+,11-,12-,20-,43?/m1/s1. The van der Waals surface area contributed by atoms with E-state index < -0.39 is 68.7 Å². The normalized spacial score (nSPS) is 28.7. The van der Waals surface area contributed by atoms with Gasteiger partial charge in [-0.1, -0.05) is 17.5 Å². The van der Waals surface area contributed by atoms with E-state index in [2.05, 4.69) is 59.3 Å². The molecule has 0 spiro atoms. The van der Waals surface area contributed by atoms with Gasteiger partial charge in [0.1, 0.15) is 42.1 Å². The predicted octanol–water partition coefficient (Wildman–Crippen LogP) is 0.487. The Morgan fingerprint density at radius 1 is 1.22 bits per heavy atom. The van der Waals surface area contributed by atoms with Gasteiger partial charge in [-0.15, -0.1) is 5.10 Å². The Bertz CT molecular complexity index is 1910. The van der Waals surface area contributed by atoms with Gasteiger partial charge in [0.25, 0.3) is 5.56 Å². The van der Waals surface area contributed by atoms with Crippen molar-refractivity contribution in [3.8, 4) is 0 Å². The third kappa shape index (κ3) is 6.60. The largest absolute Gasteiger partial charge is 0.386 e. The highest BCUT2D eigenvalue weighted by atomic mass is 32.7. The summed E-state index contributed by atoms with van der Waals surface area (Å²) in [7, 11) is 0. The van der Waals surface area contributed by atoms with Gasteiger partial charge >= 0.3 is 13.5 Å². The van der Waals surface area contributed by atoms with Gasteiger partial charge in [0.15, 0.2) is 28.9 Å². The molecule has 7 atom stereocenters. The number of aromatic nitrogens is 9. The van der Waals surface area contributed by atoms with Gasteiger partial charge in [0.05, 0.1) is 19.5 Å². The molecule has 244 valence electrons. The number of H-pyrrole nitrogens is 1. The second-order valence-electron chi connectivity index (χ2n) is 10.4. The molecule has 0 aliphatic carbocycles. The maximum absolute atomic E-state index is 15.0. The van der Waals surface area contributed by atoms with Crippen LogP contribution in [-0.4, -0.2) is 91.5 Å². The molecule has 6 heterocycles. The zero-order chi connectivity index (χ0) is 32.3. The molecule has 4 aromatic rings. The van der Waals surface area contributed by atoms with E-state index >= 15 is 4.39 Å². The monoisotopic (exact) mass is 709 g/mol. The average molecular weight is 710 g/mol. The topological polar surface area (TPSA) is 276 Å². The molecule has 6 rings (SSSR count). The van der Waals surface area contributed by atoms with E-state index in [1.165, 1.54) is 24.1 Å². The summed E-state index contributed by atoms with van der Waals surface area (Å²) in [6.07, 6.45) is -3.37. The number of imidazole rings is 1. The van der Waals surface area contributed by atoms with Gasteiger partial charge in [-0.25, -0.2) is 23.9 Å². The first-order chi connectivity index (χ1) is 21.1. The maximum atomic E-state index is 15.0. The van der Waals surface area contributed by atoms with Crippen LogP contribution in [0.15, 0.2) is 17.4 Å². The van der Waals surface area contributed by atoms with Gasteiger partial charge < -0.3 is 35.3 Å². The molecule has 2 saturated heterocycles. The first-order valence-corrected chi connectivity index (χ1v) is 18.3. The summed E-state index contributed by atoms with van der Waals surface area (Å²) in [6, 6.07) is 0. The number of alkyl halides is 1. The lowest BCUT2D eigenvalue weighted by Crippen LogP contribution is -2.41. The van der Waals surface area contributed by atoms with Crippen molar-refractivity contribution in [3.63, 3.8) is 0 Å². The number of hydrogen-bond donors (Lipinski definition) is 6. The number of aromatic amines is 1. The maximum Gasteiger partial charge on any atom is 0.386 e. The number of anilines is 2. The Hall–Kier alpha value is -2.69. The van der Waals surface area contributed by atoms with Crippen LogP contribution in [-0.2, 0) is 39.4 Å². The van der Waals surface area contributed by atoms with Crippen molar-refractivity contribution in [2.75, 3.05) is 24.7 Å². The van der Waals surface area contributed by atoms with Crippen LogP contribution in [0.4, 0.5) is 16.2 Å². The lowest BCUT2D eigenvalue weighted by molar-refractivity contribution is -0.108. The van der Waals surface area contributed by atoms with E-state index in [9.17, 15) is 19.1 Å². The Morgan fingerprint density at radius 2 is 2.00 bits per heavy atom. The van der Waals surface area contributed by atoms with Crippen LogP contribution in [0.5, 0.6) is 0 Å². The lowest BCUT2D eigenvalue weighted by Gasteiger charge is -2.31. The SMILES string of the molecule is C[C@]1(COP(O)(O)=S)O[C@@H](n2cnc3c(N)ncnc32)C[C@@H]1OP(=O)(S)OC[C@H]1O[C@@H](n2nnc3c(=O)[nH]c(N)nc32)C[C@H]1F. The van der Waals surface area contributed by atoms with Crippen molar-refractivity contribution in [1.29, 1.82) is 0 Å². The average Bonchev–Trinajstić information content (AvgIpc) is 3.71. The third-order valence-corrected chi connectivity index (χ3v) is 9.58. The molecule has 2 aliphatic rings. The van der Waals surface area contributed by atoms with Gasteiger partial charge in [-0.2, -0.15) is 9.67 Å². The molecule has 0 bridgehead atoms. The quantitative estimate of drug-likeness (QED) is 0.0965. The molecule has 4 aromatic heterocycles. The number of fused-ring (bicyclic) bond motifs is 2. The smallest absolute Gasteiger partial charge is 0.382 e. The highest BCUT2D eigenvalue weighted by Crippen LogP contribution is 2.58. The Labute approximate surface area is 261 Å². The zero-order valence-corrected chi connectivity index (χ0v) is 26.5. The minimum atomic E-state index is -4.27. The summed E-state index contributed by atoms with van der Waals surface area (Å²) in [5.41, 5.74) is 9.92. The fraction of sp³-hybridized carbons (Fsp3) is 0.550. The van der Waals surface area contributed by atoms with E-state index in [4.69, 9.17) is 34.5 Å². The molecule has 0 saturated carbocycles. The lowest BCUT2D eigenvalue weighted by atomic mass is 10.0. The summed E-state index contributed by atoms with van der Waals surface area (Å²) < 4.78 is 59.2. The number of nitrogens with zero attached hydrogens (tertiary/aromatic N) is 8. The summed E-state index contributed by atoms with van der Waals surface area (Å²) in [5, 5.41) is 7.59. The second kappa shape index (κ2) is 11.8. The molecule has 2 fully saturated rings. The number of thiol groups is 1. The molecule has 1 unspecified atom stereocenters. The van der Waals surface area contributed by atoms with Crippen LogP contribution < -0.4 is 17.0 Å². The highest BCUT2D eigenvalue weighted by molar-refractivity contribution is 8.44. The number of nitrogens with one attached hydrogen (secondary N) is 1. The minimum absolute atomic E-state index is 0.00520. The van der Waals surface area contributed by atoms with Crippen LogP contribution in [0.2, 0.25) is 0 Å². The molecule has 2 aliphatic heterocycles. The number of rotatable bonds is 10. The van der Waals surface area contributed by atoms with Crippen LogP contribution in [0.3, 0.4) is 0 Å². The van der Waals surface area contributed by atoms with E-state index in [-0.39, 0.29) is 35.8 Å². The van der Waals surface area contributed by atoms with E-state index in [1.54, 1.807) is 0 Å². The second-order valence-corrected chi connectivity index (χ2v) is 15.9. The van der Waals surface area contributed by atoms with Crippen LogP contribution in [0.25, 0.3) is 22.3 Å². The van der Waals surface area contributed by atoms with Crippen molar-refractivity contribution >= 4 is 71.7 Å². The molecule has 20 nitrogen and oxygen atoms in total. The third-order valence-electron chi connectivity index (χ3n) is 7.17. The first kappa shape index (κ1) is 32.3. The van der Waals surface area contributed by atoms with E-state index in [0.717, 1.165) is 4.68 Å². The fourth-order valence-electron chi connectivity index (χ4n) is 5.01. The molecule has 0 radical (unpaired) electrons. The molecule has 45 heavy (non-hydrogen) atoms. The molecular weight excluding hydrogens is 683 g/mol. The van der Waals surface area contributed by atoms with Crippen molar-refractivity contribution < 1.29 is 41.8 Å². The summed E-state index contributed by atoms with van der Waals surface area (Å²) in [6.45, 7) is -7.92. The summed E-state index contributed by atoms with van der Waals surface area (Å²) in [5.74, 6) is -0.0509. The zero-order valence-electron chi connectivity index (χ0n) is 23.0.